The minimum Gasteiger partial charge on any atom is -0.444 e. The van der Waals surface area contributed by atoms with Crippen molar-refractivity contribution in [2.45, 2.75) is 52.3 Å². The Morgan fingerprint density at radius 3 is 2.62 bits per heavy atom. The summed E-state index contributed by atoms with van der Waals surface area (Å²) in [6, 6.07) is 0. The molecule has 1 rings (SSSR count). The highest BCUT2D eigenvalue weighted by Crippen LogP contribution is 2.20. The van der Waals surface area contributed by atoms with E-state index in [1.54, 1.807) is 4.90 Å². The number of alkyl halides is 1. The second-order valence-electron chi connectivity index (χ2n) is 5.65. The van der Waals surface area contributed by atoms with Gasteiger partial charge in [0, 0.05) is 13.1 Å². The van der Waals surface area contributed by atoms with Crippen LogP contribution in [0, 0.1) is 5.92 Å². The van der Waals surface area contributed by atoms with E-state index in [4.69, 9.17) is 4.74 Å². The van der Waals surface area contributed by atoms with E-state index in [0.29, 0.717) is 25.9 Å². The van der Waals surface area contributed by atoms with Gasteiger partial charge in [0.05, 0.1) is 0 Å². The molecule has 0 spiro atoms. The van der Waals surface area contributed by atoms with Gasteiger partial charge < -0.3 is 9.64 Å². The second-order valence-corrected chi connectivity index (χ2v) is 5.65. The van der Waals surface area contributed by atoms with Crippen molar-refractivity contribution >= 4 is 6.09 Å². The minimum atomic E-state index is -0.789. The Labute approximate surface area is 96.9 Å². The average Bonchev–Trinajstić information content (AvgIpc) is 2.23. The number of amides is 1. The normalized spacial score (nSPS) is 27.4. The Morgan fingerprint density at radius 2 is 2.06 bits per heavy atom. The predicted molar refractivity (Wildman–Crippen MR) is 61.1 cm³/mol. The van der Waals surface area contributed by atoms with Gasteiger partial charge in [-0.15, -0.1) is 0 Å². The second kappa shape index (κ2) is 5.02. The molecule has 0 radical (unpaired) electrons. The highest BCUT2D eigenvalue weighted by atomic mass is 19.1. The number of likely N-dealkylation sites (tertiary alicyclic amines) is 1. The topological polar surface area (TPSA) is 29.5 Å². The number of halogens is 1. The van der Waals surface area contributed by atoms with Crippen LogP contribution in [0.4, 0.5) is 9.18 Å². The third-order valence-corrected chi connectivity index (χ3v) is 2.55. The third-order valence-electron chi connectivity index (χ3n) is 2.55. The molecule has 1 amide bonds. The molecule has 1 aliphatic heterocycles. The lowest BCUT2D eigenvalue weighted by atomic mass is 10.1. The third kappa shape index (κ3) is 4.37. The van der Waals surface area contributed by atoms with E-state index in [2.05, 4.69) is 0 Å². The number of carbonyl (C=O) groups is 1. The van der Waals surface area contributed by atoms with Crippen molar-refractivity contribution in [1.82, 2.24) is 4.90 Å². The molecule has 1 unspecified atom stereocenters. The first-order valence-electron chi connectivity index (χ1n) is 5.90. The Kier molecular flexibility index (Phi) is 4.16. The fraction of sp³-hybridized carbons (Fsp3) is 0.917. The molecule has 1 heterocycles. The van der Waals surface area contributed by atoms with Crippen molar-refractivity contribution in [3.05, 3.63) is 0 Å². The molecule has 1 saturated heterocycles. The van der Waals surface area contributed by atoms with Crippen LogP contribution in [0.25, 0.3) is 0 Å². The fourth-order valence-corrected chi connectivity index (χ4v) is 1.88. The van der Waals surface area contributed by atoms with Crippen LogP contribution < -0.4 is 0 Å². The first-order valence-corrected chi connectivity index (χ1v) is 5.90. The summed E-state index contributed by atoms with van der Waals surface area (Å²) < 4.78 is 18.6. The maximum Gasteiger partial charge on any atom is 0.410 e. The van der Waals surface area contributed by atoms with Gasteiger partial charge in [-0.05, 0) is 39.5 Å². The summed E-state index contributed by atoms with van der Waals surface area (Å²) in [6.07, 6.45) is -0.154. The zero-order chi connectivity index (χ0) is 12.3. The van der Waals surface area contributed by atoms with Crippen LogP contribution in [-0.4, -0.2) is 35.9 Å². The molecule has 1 aliphatic rings. The van der Waals surface area contributed by atoms with Crippen molar-refractivity contribution in [2.24, 2.45) is 5.92 Å². The van der Waals surface area contributed by atoms with Crippen molar-refractivity contribution in [1.29, 1.82) is 0 Å². The number of hydrogen-bond acceptors (Lipinski definition) is 2. The van der Waals surface area contributed by atoms with Gasteiger partial charge in [0.1, 0.15) is 11.8 Å². The molecule has 1 fully saturated rings. The molecule has 0 aromatic rings. The van der Waals surface area contributed by atoms with Crippen LogP contribution >= 0.6 is 0 Å². The van der Waals surface area contributed by atoms with E-state index >= 15 is 0 Å². The summed E-state index contributed by atoms with van der Waals surface area (Å²) in [5.74, 6) is 0.199. The largest absolute Gasteiger partial charge is 0.444 e. The van der Waals surface area contributed by atoms with Gasteiger partial charge in [0.25, 0.3) is 0 Å². The summed E-state index contributed by atoms with van der Waals surface area (Å²) in [4.78, 5) is 13.4. The first kappa shape index (κ1) is 13.3. The molecule has 0 aromatic heterocycles. The molecule has 0 N–H and O–H groups in total. The molecule has 0 aromatic carbocycles. The van der Waals surface area contributed by atoms with Gasteiger partial charge in [0.15, 0.2) is 0 Å². The summed E-state index contributed by atoms with van der Waals surface area (Å²) in [6.45, 7) is 8.53. The lowest BCUT2D eigenvalue weighted by Gasteiger charge is -2.27. The smallest absolute Gasteiger partial charge is 0.410 e. The van der Waals surface area contributed by atoms with Crippen LogP contribution in [0.2, 0.25) is 0 Å². The number of carbonyl (C=O) groups excluding carboxylic acids is 1. The molecule has 3 nitrogen and oxygen atoms in total. The SMILES string of the molecule is C[C@@H]1CC(F)CCN(C(=O)OC(C)(C)C)C1. The van der Waals surface area contributed by atoms with Crippen molar-refractivity contribution in [3.8, 4) is 0 Å². The van der Waals surface area contributed by atoms with Gasteiger partial charge in [-0.25, -0.2) is 9.18 Å². The van der Waals surface area contributed by atoms with Crippen molar-refractivity contribution < 1.29 is 13.9 Å². The monoisotopic (exact) mass is 231 g/mol. The molecular formula is C12H22FNO2. The van der Waals surface area contributed by atoms with Crippen LogP contribution in [0.3, 0.4) is 0 Å². The van der Waals surface area contributed by atoms with Crippen molar-refractivity contribution in [3.63, 3.8) is 0 Å². The number of ether oxygens (including phenoxy) is 1. The lowest BCUT2D eigenvalue weighted by molar-refractivity contribution is 0.0237. The van der Waals surface area contributed by atoms with E-state index in [9.17, 15) is 9.18 Å². The molecule has 0 bridgehead atoms. The Hall–Kier alpha value is -0.800. The quantitative estimate of drug-likeness (QED) is 0.641. The standard InChI is InChI=1S/C12H22FNO2/c1-9-7-10(13)5-6-14(8-9)11(15)16-12(2,3)4/h9-10H,5-8H2,1-4H3/t9-,10?/m1/s1. The highest BCUT2D eigenvalue weighted by molar-refractivity contribution is 5.68. The van der Waals surface area contributed by atoms with Gasteiger partial charge in [-0.1, -0.05) is 6.92 Å². The number of hydrogen-bond donors (Lipinski definition) is 0. The Bertz CT molecular complexity index is 250. The van der Waals surface area contributed by atoms with E-state index < -0.39 is 11.8 Å². The summed E-state index contributed by atoms with van der Waals surface area (Å²) in [7, 11) is 0. The minimum absolute atomic E-state index is 0.199. The van der Waals surface area contributed by atoms with Crippen LogP contribution in [0.1, 0.15) is 40.5 Å². The zero-order valence-electron chi connectivity index (χ0n) is 10.6. The van der Waals surface area contributed by atoms with E-state index in [1.165, 1.54) is 0 Å². The maximum atomic E-state index is 13.3. The average molecular weight is 231 g/mol. The molecule has 4 heteroatoms. The van der Waals surface area contributed by atoms with Gasteiger partial charge in [-0.3, -0.25) is 0 Å². The van der Waals surface area contributed by atoms with Crippen molar-refractivity contribution in [2.75, 3.05) is 13.1 Å². The van der Waals surface area contributed by atoms with Crippen LogP contribution in [0.15, 0.2) is 0 Å². The fourth-order valence-electron chi connectivity index (χ4n) is 1.88. The number of rotatable bonds is 0. The Morgan fingerprint density at radius 1 is 1.44 bits per heavy atom. The molecule has 94 valence electrons. The maximum absolute atomic E-state index is 13.3. The Balaban J connectivity index is 2.55. The number of nitrogens with zero attached hydrogens (tertiary/aromatic N) is 1. The molecule has 0 saturated carbocycles. The van der Waals surface area contributed by atoms with Gasteiger partial charge in [0.2, 0.25) is 0 Å². The van der Waals surface area contributed by atoms with E-state index in [1.807, 2.05) is 27.7 Å². The van der Waals surface area contributed by atoms with Gasteiger partial charge in [-0.2, -0.15) is 0 Å². The summed E-state index contributed by atoms with van der Waals surface area (Å²) in [5.41, 5.74) is -0.484. The predicted octanol–water partition coefficient (Wildman–Crippen LogP) is 2.99. The molecular weight excluding hydrogens is 209 g/mol. The van der Waals surface area contributed by atoms with Crippen LogP contribution in [-0.2, 0) is 4.74 Å². The molecule has 16 heavy (non-hydrogen) atoms. The van der Waals surface area contributed by atoms with Crippen LogP contribution in [0.5, 0.6) is 0 Å². The first-order chi connectivity index (χ1) is 7.28. The van der Waals surface area contributed by atoms with E-state index in [0.717, 1.165) is 0 Å². The molecule has 0 aliphatic carbocycles. The highest BCUT2D eigenvalue weighted by Gasteiger charge is 2.27. The molecule has 2 atom stereocenters. The zero-order valence-corrected chi connectivity index (χ0v) is 10.6. The van der Waals surface area contributed by atoms with E-state index in [-0.39, 0.29) is 12.0 Å². The summed E-state index contributed by atoms with van der Waals surface area (Å²) >= 11 is 0. The lowest BCUT2D eigenvalue weighted by Crippen LogP contribution is -2.38. The van der Waals surface area contributed by atoms with Gasteiger partial charge >= 0.3 is 6.09 Å². The summed E-state index contributed by atoms with van der Waals surface area (Å²) in [5, 5.41) is 0.